The van der Waals surface area contributed by atoms with Gasteiger partial charge in [-0.25, -0.2) is 9.97 Å². The Hall–Kier alpha value is -1.92. The molecule has 4 heterocycles. The Bertz CT molecular complexity index is 827. The molecule has 3 aromatic heterocycles. The molecule has 1 saturated heterocycles. The first-order valence-electron chi connectivity index (χ1n) is 7.55. The normalized spacial score (nSPS) is 15.4. The van der Waals surface area contributed by atoms with Gasteiger partial charge in [0.15, 0.2) is 0 Å². The second-order valence-corrected chi connectivity index (χ2v) is 7.13. The fraction of sp³-hybridized carbons (Fsp3) is 0.312. The number of hydrogen-bond acceptors (Lipinski definition) is 6. The van der Waals surface area contributed by atoms with Crippen LogP contribution >= 0.6 is 22.9 Å². The Labute approximate surface area is 143 Å². The Kier molecular flexibility index (Phi) is 3.79. The lowest BCUT2D eigenvalue weighted by Crippen LogP contribution is -2.47. The lowest BCUT2D eigenvalue weighted by Gasteiger charge is -2.36. The SMILES string of the molecule is Cc1cc2c(N3CCN(c4ccccn4)CC3)nc(Cl)nc2s1. The highest BCUT2D eigenvalue weighted by Gasteiger charge is 2.22. The van der Waals surface area contributed by atoms with E-state index in [1.807, 2.05) is 18.3 Å². The number of nitrogens with zero attached hydrogens (tertiary/aromatic N) is 5. The summed E-state index contributed by atoms with van der Waals surface area (Å²) in [6.07, 6.45) is 1.84. The van der Waals surface area contributed by atoms with Crippen LogP contribution in [0.4, 0.5) is 11.6 Å². The van der Waals surface area contributed by atoms with Gasteiger partial charge in [-0.05, 0) is 36.7 Å². The van der Waals surface area contributed by atoms with Crippen LogP contribution in [0.25, 0.3) is 10.2 Å². The molecule has 0 radical (unpaired) electrons. The number of piperazine rings is 1. The van der Waals surface area contributed by atoms with Gasteiger partial charge in [0.25, 0.3) is 0 Å². The standard InChI is InChI=1S/C16H16ClN5S/c1-11-10-12-14(19-16(17)20-15(12)23-11)22-8-6-21(7-9-22)13-4-2-3-5-18-13/h2-5,10H,6-9H2,1H3. The van der Waals surface area contributed by atoms with Crippen molar-refractivity contribution in [3.8, 4) is 0 Å². The highest BCUT2D eigenvalue weighted by Crippen LogP contribution is 2.32. The zero-order valence-corrected chi connectivity index (χ0v) is 14.3. The van der Waals surface area contributed by atoms with Gasteiger partial charge in [-0.3, -0.25) is 0 Å². The Morgan fingerprint density at radius 3 is 2.61 bits per heavy atom. The largest absolute Gasteiger partial charge is 0.353 e. The molecule has 4 rings (SSSR count). The van der Waals surface area contributed by atoms with E-state index in [0.29, 0.717) is 5.28 Å². The average Bonchev–Trinajstić information content (AvgIpc) is 2.95. The van der Waals surface area contributed by atoms with Gasteiger partial charge in [0.1, 0.15) is 16.5 Å². The summed E-state index contributed by atoms with van der Waals surface area (Å²) in [5.41, 5.74) is 0. The van der Waals surface area contributed by atoms with E-state index in [0.717, 1.165) is 48.0 Å². The minimum Gasteiger partial charge on any atom is -0.353 e. The van der Waals surface area contributed by atoms with Crippen LogP contribution in [0.3, 0.4) is 0 Å². The second kappa shape index (κ2) is 5.94. The van der Waals surface area contributed by atoms with E-state index in [2.05, 4.69) is 43.8 Å². The number of fused-ring (bicyclic) bond motifs is 1. The predicted octanol–water partition coefficient (Wildman–Crippen LogP) is 3.37. The van der Waals surface area contributed by atoms with Gasteiger partial charge < -0.3 is 9.80 Å². The molecule has 0 unspecified atom stereocenters. The first-order valence-corrected chi connectivity index (χ1v) is 8.75. The quantitative estimate of drug-likeness (QED) is 0.666. The molecule has 0 atom stereocenters. The Morgan fingerprint density at radius 2 is 1.87 bits per heavy atom. The van der Waals surface area contributed by atoms with E-state index in [1.54, 1.807) is 11.3 Å². The summed E-state index contributed by atoms with van der Waals surface area (Å²) in [7, 11) is 0. The van der Waals surface area contributed by atoms with Crippen molar-refractivity contribution >= 4 is 44.8 Å². The molecule has 1 aliphatic rings. The zero-order valence-electron chi connectivity index (χ0n) is 12.7. The van der Waals surface area contributed by atoms with E-state index >= 15 is 0 Å². The van der Waals surface area contributed by atoms with Crippen molar-refractivity contribution in [2.24, 2.45) is 0 Å². The van der Waals surface area contributed by atoms with Crippen molar-refractivity contribution in [2.75, 3.05) is 36.0 Å². The topological polar surface area (TPSA) is 45.2 Å². The van der Waals surface area contributed by atoms with Gasteiger partial charge in [-0.1, -0.05) is 6.07 Å². The molecular weight excluding hydrogens is 330 g/mol. The van der Waals surface area contributed by atoms with Crippen LogP contribution in [0.15, 0.2) is 30.5 Å². The number of aromatic nitrogens is 3. The second-order valence-electron chi connectivity index (χ2n) is 5.55. The molecule has 3 aromatic rings. The summed E-state index contributed by atoms with van der Waals surface area (Å²) in [5, 5.41) is 1.42. The number of rotatable bonds is 2. The molecule has 5 nitrogen and oxygen atoms in total. The third kappa shape index (κ3) is 2.84. The van der Waals surface area contributed by atoms with E-state index in [-0.39, 0.29) is 0 Å². The average molecular weight is 346 g/mol. The summed E-state index contributed by atoms with van der Waals surface area (Å²) >= 11 is 7.77. The molecule has 0 aliphatic carbocycles. The first-order chi connectivity index (χ1) is 11.2. The molecule has 0 spiro atoms. The maximum absolute atomic E-state index is 6.11. The van der Waals surface area contributed by atoms with E-state index in [9.17, 15) is 0 Å². The van der Waals surface area contributed by atoms with Gasteiger partial charge in [-0.15, -0.1) is 11.3 Å². The number of anilines is 2. The molecule has 0 aromatic carbocycles. The molecule has 0 saturated carbocycles. The first kappa shape index (κ1) is 14.7. The van der Waals surface area contributed by atoms with Gasteiger partial charge in [0.05, 0.1) is 5.39 Å². The number of halogens is 1. The van der Waals surface area contributed by atoms with Crippen LogP contribution in [0.1, 0.15) is 4.88 Å². The molecule has 1 fully saturated rings. The van der Waals surface area contributed by atoms with Crippen molar-refractivity contribution in [3.05, 3.63) is 40.6 Å². The fourth-order valence-corrected chi connectivity index (χ4v) is 4.02. The summed E-state index contributed by atoms with van der Waals surface area (Å²) < 4.78 is 0. The number of thiophene rings is 1. The molecule has 0 bridgehead atoms. The van der Waals surface area contributed by atoms with Gasteiger partial charge >= 0.3 is 0 Å². The van der Waals surface area contributed by atoms with Crippen molar-refractivity contribution in [1.82, 2.24) is 15.0 Å². The summed E-state index contributed by atoms with van der Waals surface area (Å²) in [4.78, 5) is 20.0. The molecule has 0 amide bonds. The van der Waals surface area contributed by atoms with Crippen LogP contribution in [0, 0.1) is 6.92 Å². The van der Waals surface area contributed by atoms with Gasteiger partial charge in [-0.2, -0.15) is 4.98 Å². The Balaban J connectivity index is 1.59. The number of aryl methyl sites for hydroxylation is 1. The smallest absolute Gasteiger partial charge is 0.225 e. The van der Waals surface area contributed by atoms with Crippen LogP contribution in [0.2, 0.25) is 5.28 Å². The van der Waals surface area contributed by atoms with E-state index < -0.39 is 0 Å². The van der Waals surface area contributed by atoms with Crippen LogP contribution in [-0.4, -0.2) is 41.1 Å². The molecular formula is C16H16ClN5S. The summed E-state index contributed by atoms with van der Waals surface area (Å²) in [6, 6.07) is 8.17. The fourth-order valence-electron chi connectivity index (χ4n) is 2.93. The van der Waals surface area contributed by atoms with Crippen LogP contribution in [0.5, 0.6) is 0 Å². The minimum absolute atomic E-state index is 0.321. The highest BCUT2D eigenvalue weighted by molar-refractivity contribution is 7.18. The van der Waals surface area contributed by atoms with Crippen molar-refractivity contribution < 1.29 is 0 Å². The molecule has 1 aliphatic heterocycles. The van der Waals surface area contributed by atoms with Gasteiger partial charge in [0, 0.05) is 37.3 Å². The number of pyridine rings is 1. The lowest BCUT2D eigenvalue weighted by molar-refractivity contribution is 0.643. The summed E-state index contributed by atoms with van der Waals surface area (Å²) in [6.45, 7) is 5.72. The van der Waals surface area contributed by atoms with Crippen molar-refractivity contribution in [1.29, 1.82) is 0 Å². The monoisotopic (exact) mass is 345 g/mol. The van der Waals surface area contributed by atoms with E-state index in [4.69, 9.17) is 11.6 Å². The minimum atomic E-state index is 0.321. The van der Waals surface area contributed by atoms with Crippen molar-refractivity contribution in [2.45, 2.75) is 6.92 Å². The van der Waals surface area contributed by atoms with Gasteiger partial charge in [0.2, 0.25) is 5.28 Å². The molecule has 23 heavy (non-hydrogen) atoms. The predicted molar refractivity (Wildman–Crippen MR) is 95.8 cm³/mol. The molecule has 0 N–H and O–H groups in total. The maximum atomic E-state index is 6.11. The molecule has 118 valence electrons. The van der Waals surface area contributed by atoms with Crippen molar-refractivity contribution in [3.63, 3.8) is 0 Å². The van der Waals surface area contributed by atoms with E-state index in [1.165, 1.54) is 4.88 Å². The van der Waals surface area contributed by atoms with Crippen LogP contribution < -0.4 is 9.80 Å². The van der Waals surface area contributed by atoms with Crippen LogP contribution in [-0.2, 0) is 0 Å². The number of hydrogen-bond donors (Lipinski definition) is 0. The third-order valence-corrected chi connectivity index (χ3v) is 5.13. The summed E-state index contributed by atoms with van der Waals surface area (Å²) in [5.74, 6) is 1.98. The lowest BCUT2D eigenvalue weighted by atomic mass is 10.2. The Morgan fingerprint density at radius 1 is 1.09 bits per heavy atom. The maximum Gasteiger partial charge on any atom is 0.225 e. The molecule has 7 heteroatoms. The third-order valence-electron chi connectivity index (χ3n) is 4.02. The highest BCUT2D eigenvalue weighted by atomic mass is 35.5. The zero-order chi connectivity index (χ0) is 15.8.